The fourth-order valence-corrected chi connectivity index (χ4v) is 1.10. The molecule has 1 unspecified atom stereocenters. The van der Waals surface area contributed by atoms with Gasteiger partial charge in [0.15, 0.2) is 0 Å². The maximum atomic E-state index is 8.54. The summed E-state index contributed by atoms with van der Waals surface area (Å²) in [5.74, 6) is 0. The zero-order chi connectivity index (χ0) is 8.10. The van der Waals surface area contributed by atoms with Crippen LogP contribution in [0, 0.1) is 0 Å². The molecule has 0 heterocycles. The third kappa shape index (κ3) is 2.41. The Morgan fingerprint density at radius 3 is 2.55 bits per heavy atom. The van der Waals surface area contributed by atoms with E-state index in [0.29, 0.717) is 0 Å². The Labute approximate surface area is 67.9 Å². The summed E-state index contributed by atoms with van der Waals surface area (Å²) in [4.78, 5) is 8.54. The molecule has 0 aliphatic rings. The van der Waals surface area contributed by atoms with Crippen LogP contribution in [0.15, 0.2) is 35.1 Å². The van der Waals surface area contributed by atoms with Crippen LogP contribution in [0.25, 0.3) is 0 Å². The van der Waals surface area contributed by atoms with Gasteiger partial charge in [-0.2, -0.15) is 0 Å². The van der Waals surface area contributed by atoms with Crippen molar-refractivity contribution in [1.82, 2.24) is 0 Å². The number of benzene rings is 1. The smallest absolute Gasteiger partial charge is 0.134 e. The Kier molecular flexibility index (Phi) is 3.21. The molecule has 2 nitrogen and oxygen atoms in total. The second-order valence-corrected chi connectivity index (χ2v) is 2.59. The summed E-state index contributed by atoms with van der Waals surface area (Å²) >= 11 is 0. The van der Waals surface area contributed by atoms with E-state index in [9.17, 15) is 0 Å². The van der Waals surface area contributed by atoms with E-state index in [1.54, 1.807) is 0 Å². The van der Waals surface area contributed by atoms with Crippen LogP contribution in [0.3, 0.4) is 0 Å². The van der Waals surface area contributed by atoms with Gasteiger partial charge in [-0.05, 0) is 12.5 Å². The van der Waals surface area contributed by atoms with Crippen LogP contribution in [0.4, 0.5) is 0 Å². The van der Waals surface area contributed by atoms with Crippen molar-refractivity contribution in [3.05, 3.63) is 35.9 Å². The molecule has 0 saturated heterocycles. The summed E-state index contributed by atoms with van der Waals surface area (Å²) in [6.45, 7) is 1.89. The van der Waals surface area contributed by atoms with Gasteiger partial charge in [0.25, 0.3) is 0 Å². The SMILES string of the molecule is C/C(=N\PO)c1ccccc1. The third-order valence-electron chi connectivity index (χ3n) is 1.41. The molecule has 3 heteroatoms. The highest BCUT2D eigenvalue weighted by atomic mass is 31.1. The van der Waals surface area contributed by atoms with E-state index in [1.165, 1.54) is 0 Å². The molecular weight excluding hydrogens is 157 g/mol. The van der Waals surface area contributed by atoms with E-state index in [4.69, 9.17) is 4.89 Å². The lowest BCUT2D eigenvalue weighted by molar-refractivity contribution is 0.647. The summed E-state index contributed by atoms with van der Waals surface area (Å²) in [6, 6.07) is 9.81. The van der Waals surface area contributed by atoms with E-state index < -0.39 is 0 Å². The Morgan fingerprint density at radius 2 is 2.00 bits per heavy atom. The first-order valence-corrected chi connectivity index (χ1v) is 4.23. The maximum Gasteiger partial charge on any atom is 0.134 e. The molecule has 1 rings (SSSR count). The third-order valence-corrected chi connectivity index (χ3v) is 1.84. The highest BCUT2D eigenvalue weighted by molar-refractivity contribution is 7.29. The van der Waals surface area contributed by atoms with Crippen molar-refractivity contribution >= 4 is 14.7 Å². The van der Waals surface area contributed by atoms with Crippen LogP contribution in [0.2, 0.25) is 0 Å². The van der Waals surface area contributed by atoms with Gasteiger partial charge >= 0.3 is 0 Å². The molecule has 1 atom stereocenters. The van der Waals surface area contributed by atoms with Crippen molar-refractivity contribution < 1.29 is 4.89 Å². The zero-order valence-electron chi connectivity index (χ0n) is 6.28. The lowest BCUT2D eigenvalue weighted by Crippen LogP contribution is -1.90. The van der Waals surface area contributed by atoms with Crippen LogP contribution < -0.4 is 0 Å². The largest absolute Gasteiger partial charge is 0.356 e. The first kappa shape index (κ1) is 8.38. The summed E-state index contributed by atoms with van der Waals surface area (Å²) in [5.41, 5.74) is 1.94. The van der Waals surface area contributed by atoms with E-state index in [-0.39, 0.29) is 8.96 Å². The molecular formula is C8H10NOP. The van der Waals surface area contributed by atoms with E-state index in [0.717, 1.165) is 11.3 Å². The molecule has 0 aliphatic carbocycles. The van der Waals surface area contributed by atoms with Gasteiger partial charge in [-0.15, -0.1) is 0 Å². The topological polar surface area (TPSA) is 32.6 Å². The minimum absolute atomic E-state index is 0.348. The van der Waals surface area contributed by atoms with Crippen molar-refractivity contribution in [2.45, 2.75) is 6.92 Å². The molecule has 0 spiro atoms. The minimum Gasteiger partial charge on any atom is -0.356 e. The Hall–Kier alpha value is -0.720. The van der Waals surface area contributed by atoms with Crippen molar-refractivity contribution in [2.75, 3.05) is 0 Å². The second-order valence-electron chi connectivity index (χ2n) is 2.16. The van der Waals surface area contributed by atoms with Crippen molar-refractivity contribution in [3.63, 3.8) is 0 Å². The van der Waals surface area contributed by atoms with Gasteiger partial charge in [-0.25, -0.2) is 4.76 Å². The molecule has 11 heavy (non-hydrogen) atoms. The van der Waals surface area contributed by atoms with E-state index in [2.05, 4.69) is 4.76 Å². The van der Waals surface area contributed by atoms with Crippen molar-refractivity contribution in [1.29, 1.82) is 0 Å². The zero-order valence-corrected chi connectivity index (χ0v) is 7.28. The molecule has 1 aromatic rings. The fourth-order valence-electron chi connectivity index (χ4n) is 0.819. The summed E-state index contributed by atoms with van der Waals surface area (Å²) < 4.78 is 3.89. The monoisotopic (exact) mass is 167 g/mol. The van der Waals surface area contributed by atoms with Crippen LogP contribution in [-0.4, -0.2) is 10.6 Å². The van der Waals surface area contributed by atoms with Gasteiger partial charge in [-0.3, -0.25) is 0 Å². The lowest BCUT2D eigenvalue weighted by atomic mass is 10.1. The average Bonchev–Trinajstić information content (AvgIpc) is 2.07. The Morgan fingerprint density at radius 1 is 1.36 bits per heavy atom. The average molecular weight is 167 g/mol. The summed E-state index contributed by atoms with van der Waals surface area (Å²) in [6.07, 6.45) is 0. The van der Waals surface area contributed by atoms with Crippen LogP contribution >= 0.6 is 8.96 Å². The first-order chi connectivity index (χ1) is 5.34. The summed E-state index contributed by atoms with van der Waals surface area (Å²) in [5, 5.41) is 0. The molecule has 0 aromatic heterocycles. The van der Waals surface area contributed by atoms with Gasteiger partial charge in [0.05, 0.1) is 0 Å². The number of hydrogen-bond acceptors (Lipinski definition) is 2. The first-order valence-electron chi connectivity index (χ1n) is 3.33. The van der Waals surface area contributed by atoms with Gasteiger partial charge in [0, 0.05) is 5.71 Å². The molecule has 1 N–H and O–H groups in total. The van der Waals surface area contributed by atoms with Gasteiger partial charge in [0.2, 0.25) is 0 Å². The van der Waals surface area contributed by atoms with Gasteiger partial charge in [0.1, 0.15) is 8.96 Å². The molecule has 0 radical (unpaired) electrons. The molecule has 0 amide bonds. The standard InChI is InChI=1S/C8H10NOP/c1-7(9-11-10)8-5-3-2-4-6-8/h2-6,10-11H,1H3/b9-7+. The molecule has 1 aromatic carbocycles. The molecule has 0 aliphatic heterocycles. The normalized spacial score (nSPS) is 12.7. The van der Waals surface area contributed by atoms with E-state index >= 15 is 0 Å². The molecule has 58 valence electrons. The molecule has 0 bridgehead atoms. The highest BCUT2D eigenvalue weighted by Gasteiger charge is 1.92. The Balaban J connectivity index is 2.85. The fraction of sp³-hybridized carbons (Fsp3) is 0.125. The van der Waals surface area contributed by atoms with Crippen molar-refractivity contribution in [3.8, 4) is 0 Å². The Bertz CT molecular complexity index is 246. The van der Waals surface area contributed by atoms with Gasteiger partial charge in [-0.1, -0.05) is 30.3 Å². The number of nitrogens with zero attached hydrogens (tertiary/aromatic N) is 1. The number of hydrogen-bond donors (Lipinski definition) is 1. The van der Waals surface area contributed by atoms with Crippen LogP contribution in [0.5, 0.6) is 0 Å². The maximum absolute atomic E-state index is 8.54. The quantitative estimate of drug-likeness (QED) is 0.530. The summed E-state index contributed by atoms with van der Waals surface area (Å²) in [7, 11) is -0.348. The second kappa shape index (κ2) is 4.22. The van der Waals surface area contributed by atoms with E-state index in [1.807, 2.05) is 37.3 Å². The predicted molar refractivity (Wildman–Crippen MR) is 49.2 cm³/mol. The van der Waals surface area contributed by atoms with Crippen LogP contribution in [-0.2, 0) is 0 Å². The highest BCUT2D eigenvalue weighted by Crippen LogP contribution is 2.08. The van der Waals surface area contributed by atoms with Gasteiger partial charge < -0.3 is 4.89 Å². The predicted octanol–water partition coefficient (Wildman–Crippen LogP) is 2.00. The number of rotatable bonds is 2. The van der Waals surface area contributed by atoms with Crippen LogP contribution in [0.1, 0.15) is 12.5 Å². The molecule has 0 fully saturated rings. The minimum atomic E-state index is -0.348. The van der Waals surface area contributed by atoms with Crippen molar-refractivity contribution in [2.24, 2.45) is 4.76 Å². The lowest BCUT2D eigenvalue weighted by Gasteiger charge is -1.96. The molecule has 0 saturated carbocycles.